The Kier molecular flexibility index (Phi) is 9.31. The molecule has 22 heavy (non-hydrogen) atoms. The van der Waals surface area contributed by atoms with Crippen LogP contribution in [0.15, 0.2) is 18.2 Å². The van der Waals surface area contributed by atoms with Crippen LogP contribution in [-0.4, -0.2) is 30.9 Å². The minimum atomic E-state index is -0.172. The first-order chi connectivity index (χ1) is 10.7. The summed E-state index contributed by atoms with van der Waals surface area (Å²) in [7, 11) is 0. The highest BCUT2D eigenvalue weighted by atomic mass is 16.5. The summed E-state index contributed by atoms with van der Waals surface area (Å²) in [6.45, 7) is 5.00. The number of benzene rings is 1. The van der Waals surface area contributed by atoms with Crippen molar-refractivity contribution in [1.82, 2.24) is 0 Å². The molecule has 0 amide bonds. The van der Waals surface area contributed by atoms with Crippen molar-refractivity contribution >= 4 is 5.97 Å². The summed E-state index contributed by atoms with van der Waals surface area (Å²) < 4.78 is 10.8. The summed E-state index contributed by atoms with van der Waals surface area (Å²) in [6, 6.07) is 6.04. The molecule has 1 N–H and O–H groups in total. The van der Waals surface area contributed by atoms with Crippen LogP contribution in [0.4, 0.5) is 0 Å². The molecule has 0 atom stereocenters. The fourth-order valence-electron chi connectivity index (χ4n) is 2.34. The maximum atomic E-state index is 11.6. The van der Waals surface area contributed by atoms with E-state index in [1.54, 1.807) is 0 Å². The van der Waals surface area contributed by atoms with E-state index in [4.69, 9.17) is 14.6 Å². The molecule has 0 spiro atoms. The lowest BCUT2D eigenvalue weighted by Gasteiger charge is -2.15. The fourth-order valence-corrected chi connectivity index (χ4v) is 2.34. The molecule has 0 aromatic heterocycles. The van der Waals surface area contributed by atoms with E-state index in [2.05, 4.69) is 13.0 Å². The number of hydrogen-bond donors (Lipinski definition) is 1. The zero-order chi connectivity index (χ0) is 16.2. The summed E-state index contributed by atoms with van der Waals surface area (Å²) in [6.07, 6.45) is 4.85. The molecule has 0 saturated heterocycles. The van der Waals surface area contributed by atoms with Crippen LogP contribution in [0.2, 0.25) is 0 Å². The van der Waals surface area contributed by atoms with Gasteiger partial charge in [0.2, 0.25) is 0 Å². The minimum Gasteiger partial charge on any atom is -0.493 e. The van der Waals surface area contributed by atoms with Crippen molar-refractivity contribution in [3.8, 4) is 5.75 Å². The van der Waals surface area contributed by atoms with E-state index < -0.39 is 0 Å². The summed E-state index contributed by atoms with van der Waals surface area (Å²) in [5, 5.41) is 8.88. The molecule has 0 aliphatic rings. The SMILES string of the molecule is CCCCc1cccc(OCCCO)c1CCC(=O)OCC. The van der Waals surface area contributed by atoms with E-state index in [9.17, 15) is 4.79 Å². The average Bonchev–Trinajstić information content (AvgIpc) is 2.52. The van der Waals surface area contributed by atoms with E-state index in [-0.39, 0.29) is 12.6 Å². The maximum Gasteiger partial charge on any atom is 0.306 e. The number of aliphatic hydroxyl groups excluding tert-OH is 1. The van der Waals surface area contributed by atoms with Gasteiger partial charge in [0.05, 0.1) is 13.2 Å². The molecular weight excluding hydrogens is 280 g/mol. The smallest absolute Gasteiger partial charge is 0.306 e. The molecule has 1 aromatic rings. The monoisotopic (exact) mass is 308 g/mol. The Labute approximate surface area is 133 Å². The topological polar surface area (TPSA) is 55.8 Å². The number of carbonyl (C=O) groups excluding carboxylic acids is 1. The highest BCUT2D eigenvalue weighted by Crippen LogP contribution is 2.26. The molecule has 1 rings (SSSR count). The van der Waals surface area contributed by atoms with Crippen molar-refractivity contribution in [3.05, 3.63) is 29.3 Å². The quantitative estimate of drug-likeness (QED) is 0.503. The Hall–Kier alpha value is -1.55. The highest BCUT2D eigenvalue weighted by molar-refractivity contribution is 5.70. The number of unbranched alkanes of at least 4 members (excludes halogenated alkanes) is 1. The molecule has 0 heterocycles. The Morgan fingerprint density at radius 3 is 2.68 bits per heavy atom. The first kappa shape index (κ1) is 18.5. The van der Waals surface area contributed by atoms with Gasteiger partial charge in [-0.2, -0.15) is 0 Å². The summed E-state index contributed by atoms with van der Waals surface area (Å²) in [5.74, 6) is 0.653. The van der Waals surface area contributed by atoms with Gasteiger partial charge in [0.15, 0.2) is 0 Å². The first-order valence-corrected chi connectivity index (χ1v) is 8.22. The highest BCUT2D eigenvalue weighted by Gasteiger charge is 2.12. The third kappa shape index (κ3) is 6.48. The van der Waals surface area contributed by atoms with Crippen LogP contribution in [0.5, 0.6) is 5.75 Å². The van der Waals surface area contributed by atoms with Crippen LogP contribution in [0.3, 0.4) is 0 Å². The lowest BCUT2D eigenvalue weighted by atomic mass is 9.97. The second-order valence-corrected chi connectivity index (χ2v) is 5.23. The molecule has 0 saturated carbocycles. The van der Waals surface area contributed by atoms with Gasteiger partial charge in [0, 0.05) is 19.4 Å². The van der Waals surface area contributed by atoms with Crippen molar-refractivity contribution in [2.45, 2.75) is 52.4 Å². The van der Waals surface area contributed by atoms with Gasteiger partial charge in [-0.15, -0.1) is 0 Å². The summed E-state index contributed by atoms with van der Waals surface area (Å²) >= 11 is 0. The Morgan fingerprint density at radius 1 is 1.18 bits per heavy atom. The van der Waals surface area contributed by atoms with Crippen LogP contribution >= 0.6 is 0 Å². The lowest BCUT2D eigenvalue weighted by Crippen LogP contribution is -2.09. The standard InChI is InChI=1S/C18H28O4/c1-3-5-8-15-9-6-10-17(22-14-7-13-19)16(15)11-12-18(20)21-4-2/h6,9-10,19H,3-5,7-8,11-14H2,1-2H3. The molecule has 0 unspecified atom stereocenters. The van der Waals surface area contributed by atoms with Crippen molar-refractivity contribution in [3.63, 3.8) is 0 Å². The van der Waals surface area contributed by atoms with Gasteiger partial charge in [-0.05, 0) is 43.4 Å². The number of aliphatic hydroxyl groups is 1. The van der Waals surface area contributed by atoms with Gasteiger partial charge in [-0.1, -0.05) is 25.5 Å². The number of hydrogen-bond acceptors (Lipinski definition) is 4. The Bertz CT molecular complexity index is 443. The first-order valence-electron chi connectivity index (χ1n) is 8.22. The van der Waals surface area contributed by atoms with E-state index in [1.165, 1.54) is 5.56 Å². The molecule has 0 radical (unpaired) electrons. The van der Waals surface area contributed by atoms with Crippen molar-refractivity contribution in [2.75, 3.05) is 19.8 Å². The van der Waals surface area contributed by atoms with Gasteiger partial charge in [0.1, 0.15) is 5.75 Å². The van der Waals surface area contributed by atoms with Crippen molar-refractivity contribution in [2.24, 2.45) is 0 Å². The van der Waals surface area contributed by atoms with E-state index in [0.29, 0.717) is 32.5 Å². The zero-order valence-corrected chi connectivity index (χ0v) is 13.8. The maximum absolute atomic E-state index is 11.6. The van der Waals surface area contributed by atoms with E-state index in [0.717, 1.165) is 30.6 Å². The van der Waals surface area contributed by atoms with Crippen molar-refractivity contribution in [1.29, 1.82) is 0 Å². The predicted octanol–water partition coefficient (Wildman–Crippen LogP) is 3.29. The minimum absolute atomic E-state index is 0.119. The lowest BCUT2D eigenvalue weighted by molar-refractivity contribution is -0.143. The second kappa shape index (κ2) is 11.1. The molecular formula is C18H28O4. The van der Waals surface area contributed by atoms with Crippen LogP contribution in [0.25, 0.3) is 0 Å². The van der Waals surface area contributed by atoms with Crippen LogP contribution in [-0.2, 0) is 22.4 Å². The molecule has 1 aromatic carbocycles. The normalized spacial score (nSPS) is 10.5. The van der Waals surface area contributed by atoms with Gasteiger partial charge < -0.3 is 14.6 Å². The van der Waals surface area contributed by atoms with Gasteiger partial charge in [0.25, 0.3) is 0 Å². The molecule has 0 fully saturated rings. The van der Waals surface area contributed by atoms with Gasteiger partial charge in [-0.25, -0.2) is 0 Å². The van der Waals surface area contributed by atoms with Crippen LogP contribution in [0.1, 0.15) is 50.7 Å². The molecule has 4 heteroatoms. The predicted molar refractivity (Wildman–Crippen MR) is 87.2 cm³/mol. The molecule has 0 bridgehead atoms. The number of esters is 1. The van der Waals surface area contributed by atoms with Crippen molar-refractivity contribution < 1.29 is 19.4 Å². The number of rotatable bonds is 11. The molecule has 4 nitrogen and oxygen atoms in total. The molecule has 124 valence electrons. The number of carbonyl (C=O) groups is 1. The zero-order valence-electron chi connectivity index (χ0n) is 13.8. The number of ether oxygens (including phenoxy) is 2. The fraction of sp³-hybridized carbons (Fsp3) is 0.611. The Morgan fingerprint density at radius 2 is 2.00 bits per heavy atom. The van der Waals surface area contributed by atoms with E-state index in [1.807, 2.05) is 19.1 Å². The number of aryl methyl sites for hydroxylation is 1. The Balaban J connectivity index is 2.82. The third-order valence-electron chi connectivity index (χ3n) is 3.47. The largest absolute Gasteiger partial charge is 0.493 e. The van der Waals surface area contributed by atoms with Crippen LogP contribution in [0, 0.1) is 0 Å². The second-order valence-electron chi connectivity index (χ2n) is 5.23. The van der Waals surface area contributed by atoms with Gasteiger partial charge >= 0.3 is 5.97 Å². The third-order valence-corrected chi connectivity index (χ3v) is 3.47. The van der Waals surface area contributed by atoms with Gasteiger partial charge in [-0.3, -0.25) is 4.79 Å². The molecule has 0 aliphatic carbocycles. The van der Waals surface area contributed by atoms with Crippen LogP contribution < -0.4 is 4.74 Å². The average molecular weight is 308 g/mol. The summed E-state index contributed by atoms with van der Waals surface area (Å²) in [5.41, 5.74) is 2.34. The summed E-state index contributed by atoms with van der Waals surface area (Å²) in [4.78, 5) is 11.6. The molecule has 0 aliphatic heterocycles. The van der Waals surface area contributed by atoms with E-state index >= 15 is 0 Å².